The molecule has 0 fully saturated rings. The minimum atomic E-state index is -0.754. The normalized spacial score (nSPS) is 11.3. The number of nitrogens with one attached hydrogen (secondary N) is 2. The van der Waals surface area contributed by atoms with Crippen LogP contribution in [0.1, 0.15) is 31.8 Å². The van der Waals surface area contributed by atoms with Crippen molar-refractivity contribution >= 4 is 59.1 Å². The second kappa shape index (κ2) is 11.8. The summed E-state index contributed by atoms with van der Waals surface area (Å²) in [5.41, 5.74) is 5.45. The highest BCUT2D eigenvalue weighted by Gasteiger charge is 2.17. The number of hydrazone groups is 2. The van der Waals surface area contributed by atoms with E-state index >= 15 is 0 Å². The van der Waals surface area contributed by atoms with Gasteiger partial charge in [0.25, 0.3) is 11.8 Å². The first kappa shape index (κ1) is 27.5. The van der Waals surface area contributed by atoms with Crippen molar-refractivity contribution < 1.29 is 40.2 Å². The Hall–Kier alpha value is -4.08. The average Bonchev–Trinajstić information content (AvgIpc) is 3.21. The number of phenols is 6. The Balaban J connectivity index is 1.81. The van der Waals surface area contributed by atoms with Crippen molar-refractivity contribution in [2.75, 3.05) is 12.5 Å². The van der Waals surface area contributed by atoms with Gasteiger partial charge in [0, 0.05) is 22.3 Å². The molecule has 0 spiro atoms. The van der Waals surface area contributed by atoms with E-state index in [1.54, 1.807) is 0 Å². The lowest BCUT2D eigenvalue weighted by molar-refractivity contribution is 0.0946. The van der Waals surface area contributed by atoms with Crippen LogP contribution in [0.2, 0.25) is 0 Å². The largest absolute Gasteiger partial charge is 0.504 e. The molecule has 3 aromatic rings. The van der Waals surface area contributed by atoms with Crippen LogP contribution in [0.4, 0.5) is 0 Å². The molecule has 0 radical (unpaired) electrons. The number of carbonyl (C=O) groups excluding carboxylic acids is 2. The average molecular weight is 565 g/mol. The summed E-state index contributed by atoms with van der Waals surface area (Å²) in [4.78, 5) is 24.7. The molecule has 0 aliphatic rings. The topological polar surface area (TPSA) is 204 Å². The number of nitrogens with zero attached hydrogens (tertiary/aromatic N) is 2. The number of amides is 2. The fraction of sp³-hybridized carbons (Fsp3) is 0.0909. The van der Waals surface area contributed by atoms with Gasteiger partial charge in [-0.25, -0.2) is 10.9 Å². The monoisotopic (exact) mass is 564 g/mol. The van der Waals surface area contributed by atoms with Crippen molar-refractivity contribution in [1.82, 2.24) is 10.9 Å². The SMILES string of the molecule is CSc1sc(SC)c(/C=N/NC(=O)c2cc(O)c(O)c(O)c2)c1/C=N/NC(=O)c1cc(O)c(O)c(O)c1. The Bertz CT molecular complexity index is 1270. The third kappa shape index (κ3) is 6.19. The Labute approximate surface area is 222 Å². The molecule has 0 saturated heterocycles. The van der Waals surface area contributed by atoms with Crippen LogP contribution >= 0.6 is 34.9 Å². The summed E-state index contributed by atoms with van der Waals surface area (Å²) in [6, 6.07) is 3.88. The van der Waals surface area contributed by atoms with Gasteiger partial charge in [-0.15, -0.1) is 34.9 Å². The highest BCUT2D eigenvalue weighted by molar-refractivity contribution is 8.02. The van der Waals surface area contributed by atoms with Gasteiger partial charge in [-0.05, 0) is 36.8 Å². The predicted molar refractivity (Wildman–Crippen MR) is 141 cm³/mol. The summed E-state index contributed by atoms with van der Waals surface area (Å²) in [5.74, 6) is -5.67. The number of benzene rings is 2. The molecule has 1 aromatic heterocycles. The van der Waals surface area contributed by atoms with E-state index in [4.69, 9.17) is 0 Å². The van der Waals surface area contributed by atoms with Gasteiger partial charge in [0.2, 0.25) is 0 Å². The third-order valence-corrected chi connectivity index (χ3v) is 8.16. The third-order valence-electron chi connectivity index (χ3n) is 4.67. The van der Waals surface area contributed by atoms with Crippen LogP contribution in [0.3, 0.4) is 0 Å². The summed E-state index contributed by atoms with van der Waals surface area (Å²) < 4.78 is 1.67. The van der Waals surface area contributed by atoms with Gasteiger partial charge in [0.05, 0.1) is 20.8 Å². The first-order valence-electron chi connectivity index (χ1n) is 9.98. The summed E-state index contributed by atoms with van der Waals surface area (Å²) in [6.45, 7) is 0. The standard InChI is InChI=1S/C22H20N4O8S3/c1-35-21-11(7-23-25-19(33)9-3-13(27)17(31)14(28)4-9)12(22(36-2)37-21)8-24-26-20(34)10-5-15(29)18(32)16(30)6-10/h3-8,27-32H,1-2H3,(H,25,33)(H,26,34)/b23-7+,24-8+. The van der Waals surface area contributed by atoms with E-state index in [-0.39, 0.29) is 11.1 Å². The number of phenolic OH excluding ortho intramolecular Hbond substituents is 6. The van der Waals surface area contributed by atoms with E-state index in [1.807, 2.05) is 12.5 Å². The number of thiophene rings is 1. The molecule has 0 saturated carbocycles. The van der Waals surface area contributed by atoms with Gasteiger partial charge in [-0.1, -0.05) is 0 Å². The summed E-state index contributed by atoms with van der Waals surface area (Å²) in [5, 5.41) is 65.1. The molecule has 15 heteroatoms. The van der Waals surface area contributed by atoms with Gasteiger partial charge in [-0.3, -0.25) is 9.59 Å². The van der Waals surface area contributed by atoms with Crippen molar-refractivity contribution in [3.05, 3.63) is 46.5 Å². The minimum absolute atomic E-state index is 0.138. The molecule has 3 rings (SSSR count). The van der Waals surface area contributed by atoms with Gasteiger partial charge in [-0.2, -0.15) is 10.2 Å². The van der Waals surface area contributed by atoms with Crippen LogP contribution in [-0.2, 0) is 0 Å². The maximum atomic E-state index is 12.3. The summed E-state index contributed by atoms with van der Waals surface area (Å²) in [6.07, 6.45) is 6.44. The highest BCUT2D eigenvalue weighted by atomic mass is 32.2. The fourth-order valence-electron chi connectivity index (χ4n) is 2.87. The van der Waals surface area contributed by atoms with Gasteiger partial charge < -0.3 is 30.6 Å². The molecule has 1 heterocycles. The minimum Gasteiger partial charge on any atom is -0.504 e. The van der Waals surface area contributed by atoms with Crippen LogP contribution in [0, 0.1) is 0 Å². The molecular formula is C22H20N4O8S3. The lowest BCUT2D eigenvalue weighted by atomic mass is 10.2. The Morgan fingerprint density at radius 2 is 1.03 bits per heavy atom. The zero-order valence-corrected chi connectivity index (χ0v) is 21.5. The lowest BCUT2D eigenvalue weighted by Gasteiger charge is -2.05. The molecule has 0 bridgehead atoms. The first-order valence-corrected chi connectivity index (χ1v) is 13.2. The molecule has 0 atom stereocenters. The van der Waals surface area contributed by atoms with Crippen LogP contribution < -0.4 is 10.9 Å². The smallest absolute Gasteiger partial charge is 0.271 e. The number of rotatable bonds is 8. The molecule has 8 N–H and O–H groups in total. The van der Waals surface area contributed by atoms with Crippen molar-refractivity contribution in [1.29, 1.82) is 0 Å². The van der Waals surface area contributed by atoms with E-state index in [0.29, 0.717) is 11.1 Å². The number of hydrogen-bond donors (Lipinski definition) is 8. The zero-order valence-electron chi connectivity index (χ0n) is 19.1. The highest BCUT2D eigenvalue weighted by Crippen LogP contribution is 2.39. The molecule has 2 amide bonds. The van der Waals surface area contributed by atoms with Crippen molar-refractivity contribution in [3.8, 4) is 34.5 Å². The quantitative estimate of drug-likeness (QED) is 0.0869. The second-order valence-electron chi connectivity index (χ2n) is 7.04. The molecule has 0 aliphatic heterocycles. The predicted octanol–water partition coefficient (Wildman–Crippen LogP) is 2.95. The lowest BCUT2D eigenvalue weighted by Crippen LogP contribution is -2.18. The Morgan fingerprint density at radius 1 is 0.703 bits per heavy atom. The maximum absolute atomic E-state index is 12.3. The number of thioether (sulfide) groups is 2. The summed E-state index contributed by atoms with van der Waals surface area (Å²) in [7, 11) is 0. The molecule has 37 heavy (non-hydrogen) atoms. The van der Waals surface area contributed by atoms with Crippen molar-refractivity contribution in [2.24, 2.45) is 10.2 Å². The maximum Gasteiger partial charge on any atom is 0.271 e. The van der Waals surface area contributed by atoms with Gasteiger partial charge in [0.1, 0.15) is 0 Å². The molecule has 12 nitrogen and oxygen atoms in total. The molecule has 2 aromatic carbocycles. The van der Waals surface area contributed by atoms with E-state index in [9.17, 15) is 40.2 Å². The molecule has 0 aliphatic carbocycles. The van der Waals surface area contributed by atoms with Crippen LogP contribution in [0.25, 0.3) is 0 Å². The van der Waals surface area contributed by atoms with Crippen LogP contribution in [-0.4, -0.2) is 67.4 Å². The van der Waals surface area contributed by atoms with E-state index in [1.165, 1.54) is 47.3 Å². The molecule has 0 unspecified atom stereocenters. The van der Waals surface area contributed by atoms with Gasteiger partial charge in [0.15, 0.2) is 34.5 Å². The second-order valence-corrected chi connectivity index (χ2v) is 10.2. The van der Waals surface area contributed by atoms with Crippen molar-refractivity contribution in [3.63, 3.8) is 0 Å². The van der Waals surface area contributed by atoms with Crippen LogP contribution in [0.15, 0.2) is 42.9 Å². The van der Waals surface area contributed by atoms with E-state index in [0.717, 1.165) is 32.7 Å². The number of aromatic hydroxyl groups is 6. The van der Waals surface area contributed by atoms with Crippen molar-refractivity contribution in [2.45, 2.75) is 8.42 Å². The summed E-state index contributed by atoms with van der Waals surface area (Å²) >= 11 is 4.29. The number of carbonyl (C=O) groups is 2. The van der Waals surface area contributed by atoms with E-state index in [2.05, 4.69) is 21.1 Å². The number of hydrogen-bond acceptors (Lipinski definition) is 13. The van der Waals surface area contributed by atoms with Gasteiger partial charge >= 0.3 is 0 Å². The molecule has 194 valence electrons. The molecular weight excluding hydrogens is 544 g/mol. The zero-order chi connectivity index (χ0) is 27.3. The first-order chi connectivity index (χ1) is 17.6. The fourth-order valence-corrected chi connectivity index (χ4v) is 5.68. The Morgan fingerprint density at radius 3 is 1.32 bits per heavy atom. The van der Waals surface area contributed by atoms with E-state index < -0.39 is 46.3 Å². The Kier molecular flexibility index (Phi) is 8.75. The van der Waals surface area contributed by atoms with Crippen LogP contribution in [0.5, 0.6) is 34.5 Å².